The van der Waals surface area contributed by atoms with Gasteiger partial charge in [-0.25, -0.2) is 9.37 Å². The Hall–Kier alpha value is -2.43. The molecule has 2 rings (SSSR count). The molecule has 110 valence electrons. The molecule has 1 aromatic carbocycles. The minimum Gasteiger partial charge on any atom is -0.362 e. The average molecular weight is 287 g/mol. The molecule has 0 fully saturated rings. The minimum absolute atomic E-state index is 0.205. The van der Waals surface area contributed by atoms with Crippen LogP contribution in [0.25, 0.3) is 0 Å². The minimum atomic E-state index is -0.248. The second kappa shape index (κ2) is 6.83. The van der Waals surface area contributed by atoms with Crippen molar-refractivity contribution in [3.63, 3.8) is 0 Å². The van der Waals surface area contributed by atoms with E-state index in [-0.39, 0.29) is 11.7 Å². The Morgan fingerprint density at radius 1 is 1.24 bits per heavy atom. The van der Waals surface area contributed by atoms with Crippen LogP contribution in [0.15, 0.2) is 42.6 Å². The number of halogens is 1. The third-order valence-corrected chi connectivity index (χ3v) is 3.09. The van der Waals surface area contributed by atoms with Crippen molar-refractivity contribution >= 4 is 11.7 Å². The molecular formula is C16H18FN3O. The van der Waals surface area contributed by atoms with E-state index in [4.69, 9.17) is 0 Å². The average Bonchev–Trinajstić information content (AvgIpc) is 2.49. The van der Waals surface area contributed by atoms with Crippen LogP contribution in [-0.4, -0.2) is 31.5 Å². The molecule has 0 aliphatic heterocycles. The van der Waals surface area contributed by atoms with Gasteiger partial charge in [0.15, 0.2) is 0 Å². The van der Waals surface area contributed by atoms with Gasteiger partial charge >= 0.3 is 0 Å². The lowest BCUT2D eigenvalue weighted by atomic mass is 10.1. The van der Waals surface area contributed by atoms with Crippen molar-refractivity contribution in [2.75, 3.05) is 25.5 Å². The van der Waals surface area contributed by atoms with E-state index in [9.17, 15) is 9.18 Å². The van der Waals surface area contributed by atoms with E-state index in [1.54, 1.807) is 41.4 Å². The molecule has 0 saturated carbocycles. The van der Waals surface area contributed by atoms with Gasteiger partial charge in [0.2, 0.25) is 0 Å². The van der Waals surface area contributed by atoms with E-state index in [2.05, 4.69) is 10.3 Å². The van der Waals surface area contributed by atoms with Crippen LogP contribution in [0.1, 0.15) is 15.9 Å². The van der Waals surface area contributed by atoms with Crippen molar-refractivity contribution in [3.8, 4) is 0 Å². The normalized spacial score (nSPS) is 10.2. The smallest absolute Gasteiger partial charge is 0.255 e. The van der Waals surface area contributed by atoms with Gasteiger partial charge in [-0.2, -0.15) is 0 Å². The number of hydrogen-bond donors (Lipinski definition) is 1. The molecule has 5 heteroatoms. The zero-order valence-corrected chi connectivity index (χ0v) is 12.1. The predicted octanol–water partition coefficient (Wildman–Crippen LogP) is 2.26. The first-order valence-corrected chi connectivity index (χ1v) is 6.73. The number of benzene rings is 1. The Balaban J connectivity index is 1.98. The molecule has 21 heavy (non-hydrogen) atoms. The van der Waals surface area contributed by atoms with Crippen LogP contribution in [0.4, 0.5) is 10.2 Å². The first-order chi connectivity index (χ1) is 10.1. The largest absolute Gasteiger partial charge is 0.362 e. The number of carbonyl (C=O) groups excluding carboxylic acids is 1. The van der Waals surface area contributed by atoms with Crippen LogP contribution >= 0.6 is 0 Å². The van der Waals surface area contributed by atoms with Crippen molar-refractivity contribution < 1.29 is 9.18 Å². The van der Waals surface area contributed by atoms with Crippen LogP contribution < -0.4 is 10.2 Å². The lowest BCUT2D eigenvalue weighted by Crippen LogP contribution is -2.28. The van der Waals surface area contributed by atoms with Gasteiger partial charge in [0.05, 0.1) is 5.56 Å². The van der Waals surface area contributed by atoms with Crippen LogP contribution in [0.2, 0.25) is 0 Å². The van der Waals surface area contributed by atoms with E-state index in [1.165, 1.54) is 6.07 Å². The third kappa shape index (κ3) is 3.78. The lowest BCUT2D eigenvalue weighted by Gasteiger charge is -2.15. The molecule has 0 unspecified atom stereocenters. The van der Waals surface area contributed by atoms with E-state index in [0.29, 0.717) is 29.9 Å². The first kappa shape index (κ1) is 15.0. The van der Waals surface area contributed by atoms with Crippen LogP contribution in [0, 0.1) is 5.82 Å². The summed E-state index contributed by atoms with van der Waals surface area (Å²) in [6.45, 7) is 0.377. The maximum absolute atomic E-state index is 13.5. The first-order valence-electron chi connectivity index (χ1n) is 6.73. The number of hydrogen-bond acceptors (Lipinski definition) is 3. The van der Waals surface area contributed by atoms with Crippen molar-refractivity contribution in [1.29, 1.82) is 0 Å². The molecular weight excluding hydrogens is 269 g/mol. The van der Waals surface area contributed by atoms with Crippen LogP contribution in [0.3, 0.4) is 0 Å². The number of aromatic nitrogens is 1. The monoisotopic (exact) mass is 287 g/mol. The topological polar surface area (TPSA) is 45.2 Å². The van der Waals surface area contributed by atoms with E-state index in [1.807, 2.05) is 14.1 Å². The maximum atomic E-state index is 13.5. The summed E-state index contributed by atoms with van der Waals surface area (Å²) in [4.78, 5) is 18.1. The third-order valence-electron chi connectivity index (χ3n) is 3.09. The molecule has 0 bridgehead atoms. The number of nitrogens with zero attached hydrogens (tertiary/aromatic N) is 2. The fourth-order valence-electron chi connectivity index (χ4n) is 2.04. The second-order valence-electron chi connectivity index (χ2n) is 4.87. The van der Waals surface area contributed by atoms with Crippen molar-refractivity contribution in [2.45, 2.75) is 6.42 Å². The number of rotatable bonds is 5. The molecule has 0 aliphatic rings. The zero-order chi connectivity index (χ0) is 15.2. The quantitative estimate of drug-likeness (QED) is 0.917. The molecule has 1 N–H and O–H groups in total. The Bertz CT molecular complexity index is 628. The second-order valence-corrected chi connectivity index (χ2v) is 4.87. The molecule has 1 heterocycles. The summed E-state index contributed by atoms with van der Waals surface area (Å²) in [6.07, 6.45) is 2.10. The lowest BCUT2D eigenvalue weighted by molar-refractivity contribution is 0.0954. The summed E-state index contributed by atoms with van der Waals surface area (Å²) in [5.74, 6) is 0.158. The molecule has 0 saturated heterocycles. The summed E-state index contributed by atoms with van der Waals surface area (Å²) in [5.41, 5.74) is 1.10. The summed E-state index contributed by atoms with van der Waals surface area (Å²) < 4.78 is 13.5. The van der Waals surface area contributed by atoms with Gasteiger partial charge in [-0.1, -0.05) is 18.2 Å². The number of carbonyl (C=O) groups is 1. The highest BCUT2D eigenvalue weighted by molar-refractivity contribution is 5.98. The molecule has 0 aliphatic carbocycles. The number of anilines is 1. The van der Waals surface area contributed by atoms with Gasteiger partial charge in [-0.3, -0.25) is 4.79 Å². The summed E-state index contributed by atoms with van der Waals surface area (Å²) in [5, 5.41) is 2.80. The molecule has 0 atom stereocenters. The number of nitrogens with one attached hydrogen (secondary N) is 1. The highest BCUT2D eigenvalue weighted by Crippen LogP contribution is 2.14. The van der Waals surface area contributed by atoms with Gasteiger partial charge in [0, 0.05) is 26.8 Å². The van der Waals surface area contributed by atoms with Gasteiger partial charge < -0.3 is 10.2 Å². The van der Waals surface area contributed by atoms with Gasteiger partial charge in [-0.05, 0) is 30.2 Å². The molecule has 1 aromatic heterocycles. The van der Waals surface area contributed by atoms with Crippen LogP contribution in [0.5, 0.6) is 0 Å². The number of pyridine rings is 1. The predicted molar refractivity (Wildman–Crippen MR) is 81.0 cm³/mol. The van der Waals surface area contributed by atoms with Crippen molar-refractivity contribution in [3.05, 3.63) is 59.5 Å². The highest BCUT2D eigenvalue weighted by atomic mass is 19.1. The highest BCUT2D eigenvalue weighted by Gasteiger charge is 2.13. The molecule has 4 nitrogen and oxygen atoms in total. The Morgan fingerprint density at radius 2 is 2.00 bits per heavy atom. The fourth-order valence-corrected chi connectivity index (χ4v) is 2.04. The molecule has 0 spiro atoms. The molecule has 1 amide bonds. The van der Waals surface area contributed by atoms with Gasteiger partial charge in [0.1, 0.15) is 11.6 Å². The van der Waals surface area contributed by atoms with E-state index >= 15 is 0 Å². The van der Waals surface area contributed by atoms with Crippen LogP contribution in [-0.2, 0) is 6.42 Å². The number of amides is 1. The summed E-state index contributed by atoms with van der Waals surface area (Å²) in [7, 11) is 3.66. The molecule has 0 radical (unpaired) electrons. The van der Waals surface area contributed by atoms with E-state index < -0.39 is 0 Å². The van der Waals surface area contributed by atoms with Crippen molar-refractivity contribution in [2.24, 2.45) is 0 Å². The Kier molecular flexibility index (Phi) is 4.87. The zero-order valence-electron chi connectivity index (χ0n) is 12.1. The van der Waals surface area contributed by atoms with Crippen molar-refractivity contribution in [1.82, 2.24) is 10.3 Å². The Labute approximate surface area is 123 Å². The fraction of sp³-hybridized carbons (Fsp3) is 0.250. The Morgan fingerprint density at radius 3 is 2.71 bits per heavy atom. The van der Waals surface area contributed by atoms with Gasteiger partial charge in [0.25, 0.3) is 5.91 Å². The van der Waals surface area contributed by atoms with Gasteiger partial charge in [-0.15, -0.1) is 0 Å². The molecule has 2 aromatic rings. The van der Waals surface area contributed by atoms with E-state index in [0.717, 1.165) is 0 Å². The maximum Gasteiger partial charge on any atom is 0.255 e. The summed E-state index contributed by atoms with van der Waals surface area (Å²) >= 11 is 0. The standard InChI is InChI=1S/C16H18FN3O/c1-20(2)15-13(7-5-10-18-15)16(21)19-11-9-12-6-3-4-8-14(12)17/h3-8,10H,9,11H2,1-2H3,(H,19,21). The summed E-state index contributed by atoms with van der Waals surface area (Å²) in [6, 6.07) is 10.0. The SMILES string of the molecule is CN(C)c1ncccc1C(=O)NCCc1ccccc1F.